The van der Waals surface area contributed by atoms with Crippen LogP contribution in [0.15, 0.2) is 97.2 Å². The molecule has 3 N–H and O–H groups in total. The molecule has 2 aliphatic carbocycles. The highest BCUT2D eigenvalue weighted by Gasteiger charge is 2.55. The maximum Gasteiger partial charge on any atom is 0.255 e. The van der Waals surface area contributed by atoms with E-state index in [4.69, 9.17) is 0 Å². The van der Waals surface area contributed by atoms with Crippen LogP contribution in [-0.4, -0.2) is 27.2 Å². The van der Waals surface area contributed by atoms with E-state index in [-0.39, 0.29) is 17.2 Å². The summed E-state index contributed by atoms with van der Waals surface area (Å²) in [5, 5.41) is 26.7. The number of amides is 1. The minimum Gasteiger partial charge on any atom is -0.390 e. The van der Waals surface area contributed by atoms with Crippen molar-refractivity contribution < 1.29 is 15.0 Å². The number of aromatic nitrogens is 1. The van der Waals surface area contributed by atoms with Crippen molar-refractivity contribution in [3.63, 3.8) is 0 Å². The van der Waals surface area contributed by atoms with Gasteiger partial charge in [-0.3, -0.25) is 9.78 Å². The van der Waals surface area contributed by atoms with E-state index in [9.17, 15) is 15.0 Å². The van der Waals surface area contributed by atoms with E-state index >= 15 is 0 Å². The van der Waals surface area contributed by atoms with Crippen LogP contribution in [0.2, 0.25) is 0 Å². The summed E-state index contributed by atoms with van der Waals surface area (Å²) in [4.78, 5) is 17.6. The summed E-state index contributed by atoms with van der Waals surface area (Å²) < 4.78 is 0. The van der Waals surface area contributed by atoms with Gasteiger partial charge in [-0.1, -0.05) is 66.7 Å². The highest BCUT2D eigenvalue weighted by atomic mass is 16.3. The van der Waals surface area contributed by atoms with Crippen molar-refractivity contribution in [2.45, 2.75) is 62.6 Å². The SMILES string of the molecule is Cc1ncccc1NC(=O)c1ccc2c(c1)CCCC1CC(O)(c3ccccc3)C(O)CC21Cc1ccccc1. The second-order valence-electron chi connectivity index (χ2n) is 11.6. The lowest BCUT2D eigenvalue weighted by atomic mass is 9.54. The van der Waals surface area contributed by atoms with Crippen molar-refractivity contribution in [3.05, 3.63) is 131 Å². The molecule has 1 aromatic heterocycles. The second kappa shape index (κ2) is 10.6. The largest absolute Gasteiger partial charge is 0.390 e. The molecular weight excluding hydrogens is 496 g/mol. The molecule has 4 atom stereocenters. The summed E-state index contributed by atoms with van der Waals surface area (Å²) in [5.74, 6) is 0.0132. The Balaban J connectivity index is 1.41. The summed E-state index contributed by atoms with van der Waals surface area (Å²) >= 11 is 0. The summed E-state index contributed by atoms with van der Waals surface area (Å²) in [6, 6.07) is 29.8. The average Bonchev–Trinajstić information content (AvgIpc) is 3.11. The number of hydrogen-bond donors (Lipinski definition) is 3. The minimum absolute atomic E-state index is 0.154. The standard InChI is InChI=1S/C35H36N2O3/c1-24-31(16-9-19-36-24)37-33(39)27-17-18-30-26(20-27)12-8-15-29-22-35(40,28-13-6-3-7-14-28)32(38)23-34(29,30)21-25-10-4-2-5-11-25/h2-7,9-11,13-14,16-20,29,32,38,40H,8,12,15,21-23H2,1H3,(H,37,39). The van der Waals surface area contributed by atoms with Crippen molar-refractivity contribution in [3.8, 4) is 0 Å². The van der Waals surface area contributed by atoms with Gasteiger partial charge in [-0.25, -0.2) is 0 Å². The summed E-state index contributed by atoms with van der Waals surface area (Å²) in [6.07, 6.45) is 5.27. The number of rotatable bonds is 5. The number of carbonyl (C=O) groups excluding carboxylic acids is 1. The Hall–Kier alpha value is -3.80. The molecule has 6 rings (SSSR count). The van der Waals surface area contributed by atoms with E-state index in [1.165, 1.54) is 11.1 Å². The maximum absolute atomic E-state index is 13.3. The monoisotopic (exact) mass is 532 g/mol. The first-order valence-corrected chi connectivity index (χ1v) is 14.3. The smallest absolute Gasteiger partial charge is 0.255 e. The second-order valence-corrected chi connectivity index (χ2v) is 11.6. The topological polar surface area (TPSA) is 82.5 Å². The molecule has 1 fully saturated rings. The van der Waals surface area contributed by atoms with Crippen molar-refractivity contribution in [1.82, 2.24) is 4.98 Å². The third-order valence-corrected chi connectivity index (χ3v) is 9.24. The van der Waals surface area contributed by atoms with Gasteiger partial charge >= 0.3 is 0 Å². The number of pyridine rings is 1. The molecule has 0 spiro atoms. The molecule has 5 heteroatoms. The van der Waals surface area contributed by atoms with Gasteiger partial charge in [0.2, 0.25) is 0 Å². The zero-order valence-corrected chi connectivity index (χ0v) is 22.9. The lowest BCUT2D eigenvalue weighted by molar-refractivity contribution is -0.143. The predicted molar refractivity (Wildman–Crippen MR) is 157 cm³/mol. The molecule has 40 heavy (non-hydrogen) atoms. The van der Waals surface area contributed by atoms with Crippen LogP contribution in [0.4, 0.5) is 5.69 Å². The molecule has 0 aliphatic heterocycles. The minimum atomic E-state index is -1.29. The van der Waals surface area contributed by atoms with Gasteiger partial charge in [-0.15, -0.1) is 0 Å². The van der Waals surface area contributed by atoms with E-state index in [1.807, 2.05) is 67.6 Å². The van der Waals surface area contributed by atoms with Crippen LogP contribution < -0.4 is 5.32 Å². The molecule has 4 aromatic rings. The quantitative estimate of drug-likeness (QED) is 0.289. The predicted octanol–water partition coefficient (Wildman–Crippen LogP) is 6.12. The first-order valence-electron chi connectivity index (χ1n) is 14.3. The zero-order valence-electron chi connectivity index (χ0n) is 22.9. The molecule has 204 valence electrons. The summed E-state index contributed by atoms with van der Waals surface area (Å²) in [7, 11) is 0. The number of nitrogens with one attached hydrogen (secondary N) is 1. The molecule has 1 heterocycles. The number of aliphatic hydroxyl groups excluding tert-OH is 1. The molecule has 1 amide bonds. The average molecular weight is 533 g/mol. The van der Waals surface area contributed by atoms with E-state index < -0.39 is 11.7 Å². The molecule has 4 unspecified atom stereocenters. The Labute approximate surface area is 235 Å². The van der Waals surface area contributed by atoms with E-state index in [2.05, 4.69) is 40.6 Å². The van der Waals surface area contributed by atoms with Crippen molar-refractivity contribution in [2.75, 3.05) is 5.32 Å². The van der Waals surface area contributed by atoms with Crippen LogP contribution in [-0.2, 0) is 23.9 Å². The summed E-state index contributed by atoms with van der Waals surface area (Å²) in [5.41, 5.74) is 4.79. The number of aryl methyl sites for hydroxylation is 2. The fourth-order valence-electron chi connectivity index (χ4n) is 7.18. The molecule has 5 nitrogen and oxygen atoms in total. The number of fused-ring (bicyclic) bond motifs is 3. The van der Waals surface area contributed by atoms with Crippen LogP contribution in [0.1, 0.15) is 64.0 Å². The van der Waals surface area contributed by atoms with Gasteiger partial charge in [0.1, 0.15) is 5.60 Å². The Morgan fingerprint density at radius 1 is 0.975 bits per heavy atom. The van der Waals surface area contributed by atoms with Crippen molar-refractivity contribution in [2.24, 2.45) is 5.92 Å². The van der Waals surface area contributed by atoms with Crippen LogP contribution in [0.25, 0.3) is 0 Å². The number of aliphatic hydroxyl groups is 2. The molecule has 2 aliphatic rings. The number of carbonyl (C=O) groups is 1. The number of benzene rings is 3. The van der Waals surface area contributed by atoms with E-state index in [0.717, 1.165) is 42.5 Å². The van der Waals surface area contributed by atoms with Crippen LogP contribution in [0.3, 0.4) is 0 Å². The van der Waals surface area contributed by atoms with Gasteiger partial charge in [-0.2, -0.15) is 0 Å². The van der Waals surface area contributed by atoms with Gasteiger partial charge in [0, 0.05) is 17.2 Å². The molecule has 0 saturated heterocycles. The van der Waals surface area contributed by atoms with Gasteiger partial charge < -0.3 is 15.5 Å². The molecule has 0 radical (unpaired) electrons. The lowest BCUT2D eigenvalue weighted by Crippen LogP contribution is -2.55. The van der Waals surface area contributed by atoms with Gasteiger partial charge in [0.25, 0.3) is 5.91 Å². The number of hydrogen-bond acceptors (Lipinski definition) is 4. The third-order valence-electron chi connectivity index (χ3n) is 9.24. The van der Waals surface area contributed by atoms with E-state index in [0.29, 0.717) is 24.1 Å². The van der Waals surface area contributed by atoms with Gasteiger partial charge in [0.15, 0.2) is 0 Å². The Kier molecular flexibility index (Phi) is 7.03. The van der Waals surface area contributed by atoms with Crippen molar-refractivity contribution in [1.29, 1.82) is 0 Å². The third kappa shape index (κ3) is 4.74. The Bertz CT molecular complexity index is 1510. The fraction of sp³-hybridized carbons (Fsp3) is 0.314. The van der Waals surface area contributed by atoms with Gasteiger partial charge in [0.05, 0.1) is 17.5 Å². The van der Waals surface area contributed by atoms with Gasteiger partial charge in [-0.05, 0) is 97.9 Å². The summed E-state index contributed by atoms with van der Waals surface area (Å²) in [6.45, 7) is 1.88. The molecule has 1 saturated carbocycles. The molecule has 0 bridgehead atoms. The van der Waals surface area contributed by atoms with E-state index in [1.54, 1.807) is 6.20 Å². The highest BCUT2D eigenvalue weighted by Crippen LogP contribution is 2.55. The molecule has 3 aromatic carbocycles. The van der Waals surface area contributed by atoms with Crippen LogP contribution in [0.5, 0.6) is 0 Å². The first-order chi connectivity index (χ1) is 19.4. The van der Waals surface area contributed by atoms with Crippen molar-refractivity contribution >= 4 is 11.6 Å². The lowest BCUT2D eigenvalue weighted by Gasteiger charge is -2.53. The van der Waals surface area contributed by atoms with Crippen LogP contribution in [0, 0.1) is 12.8 Å². The first kappa shape index (κ1) is 26.4. The molecular formula is C35H36N2O3. The Morgan fingerprint density at radius 3 is 2.48 bits per heavy atom. The highest BCUT2D eigenvalue weighted by molar-refractivity contribution is 6.04. The fourth-order valence-corrected chi connectivity index (χ4v) is 7.18. The maximum atomic E-state index is 13.3. The zero-order chi connectivity index (χ0) is 27.7. The van der Waals surface area contributed by atoms with Crippen LogP contribution >= 0.6 is 0 Å². The number of nitrogens with zero attached hydrogens (tertiary/aromatic N) is 1. The normalized spacial score (nSPS) is 25.8. The number of anilines is 1. The Morgan fingerprint density at radius 2 is 1.73 bits per heavy atom.